The topological polar surface area (TPSA) is 49.3 Å². The summed E-state index contributed by atoms with van der Waals surface area (Å²) >= 11 is 0. The maximum Gasteiger partial charge on any atom is 0.247 e. The number of amides is 1. The molecule has 76 valence electrons. The zero-order chi connectivity index (χ0) is 10.3. The first-order valence-corrected chi connectivity index (χ1v) is 4.77. The van der Waals surface area contributed by atoms with Crippen LogP contribution in [0.15, 0.2) is 11.8 Å². The molecule has 3 nitrogen and oxygen atoms in total. The molecule has 0 rings (SSSR count). The van der Waals surface area contributed by atoms with E-state index >= 15 is 0 Å². The summed E-state index contributed by atoms with van der Waals surface area (Å²) in [6.07, 6.45) is 4.18. The Morgan fingerprint density at radius 1 is 1.54 bits per heavy atom. The number of nitrogens with one attached hydrogen (secondary N) is 1. The smallest absolute Gasteiger partial charge is 0.247 e. The molecule has 0 bridgehead atoms. The first-order chi connectivity index (χ1) is 6.10. The van der Waals surface area contributed by atoms with E-state index in [2.05, 4.69) is 12.2 Å². The summed E-state index contributed by atoms with van der Waals surface area (Å²) in [5.74, 6) is -0.163. The molecule has 0 aromatic heterocycles. The molecular formula is C10H19NO2. The van der Waals surface area contributed by atoms with E-state index in [1.807, 2.05) is 6.92 Å². The van der Waals surface area contributed by atoms with Crippen LogP contribution in [0.1, 0.15) is 40.0 Å². The highest BCUT2D eigenvalue weighted by atomic mass is 16.3. The molecule has 0 aliphatic rings. The Morgan fingerprint density at radius 3 is 2.54 bits per heavy atom. The molecule has 0 aliphatic carbocycles. The van der Waals surface area contributed by atoms with Crippen molar-refractivity contribution in [2.75, 3.05) is 0 Å². The second-order valence-electron chi connectivity index (χ2n) is 3.19. The molecule has 0 aromatic carbocycles. The van der Waals surface area contributed by atoms with Crippen molar-refractivity contribution in [2.45, 2.75) is 46.1 Å². The highest BCUT2D eigenvalue weighted by molar-refractivity contribution is 5.87. The number of carbonyl (C=O) groups excluding carboxylic acids is 1. The Labute approximate surface area is 79.8 Å². The fourth-order valence-corrected chi connectivity index (χ4v) is 1.16. The van der Waals surface area contributed by atoms with Crippen molar-refractivity contribution >= 4 is 5.91 Å². The molecule has 0 spiro atoms. The number of hydrogen-bond donors (Lipinski definition) is 2. The number of carbonyl (C=O) groups is 1. The van der Waals surface area contributed by atoms with Crippen LogP contribution in [0.2, 0.25) is 0 Å². The van der Waals surface area contributed by atoms with Crippen molar-refractivity contribution in [1.82, 2.24) is 5.32 Å². The van der Waals surface area contributed by atoms with E-state index in [1.54, 1.807) is 0 Å². The van der Waals surface area contributed by atoms with E-state index in [4.69, 9.17) is 5.11 Å². The summed E-state index contributed by atoms with van der Waals surface area (Å²) in [6.45, 7) is 5.61. The van der Waals surface area contributed by atoms with Crippen molar-refractivity contribution in [1.29, 1.82) is 0 Å². The first kappa shape index (κ1) is 12.0. The number of allylic oxidation sites excluding steroid dienone is 1. The van der Waals surface area contributed by atoms with Crippen LogP contribution in [0.5, 0.6) is 0 Å². The third-order valence-corrected chi connectivity index (χ3v) is 1.82. The van der Waals surface area contributed by atoms with Crippen LogP contribution < -0.4 is 5.32 Å². The lowest BCUT2D eigenvalue weighted by molar-refractivity contribution is -0.117. The van der Waals surface area contributed by atoms with E-state index in [0.29, 0.717) is 0 Å². The molecular weight excluding hydrogens is 166 g/mol. The van der Waals surface area contributed by atoms with Gasteiger partial charge in [-0.05, 0) is 19.8 Å². The average molecular weight is 185 g/mol. The van der Waals surface area contributed by atoms with Crippen LogP contribution in [-0.4, -0.2) is 17.1 Å². The Morgan fingerprint density at radius 2 is 2.15 bits per heavy atom. The molecule has 0 radical (unpaired) electrons. The van der Waals surface area contributed by atoms with Gasteiger partial charge in [0.25, 0.3) is 0 Å². The van der Waals surface area contributed by atoms with Gasteiger partial charge in [-0.15, -0.1) is 0 Å². The summed E-state index contributed by atoms with van der Waals surface area (Å²) in [7, 11) is 0. The van der Waals surface area contributed by atoms with Gasteiger partial charge in [-0.25, -0.2) is 0 Å². The number of aliphatic hydroxyl groups excluding tert-OH is 1. The molecule has 0 heterocycles. The molecule has 1 amide bonds. The lowest BCUT2D eigenvalue weighted by atomic mass is 10.1. The van der Waals surface area contributed by atoms with Gasteiger partial charge in [0, 0.05) is 12.1 Å². The van der Waals surface area contributed by atoms with Crippen LogP contribution in [0.3, 0.4) is 0 Å². The fraction of sp³-hybridized carbons (Fsp3) is 0.700. The zero-order valence-corrected chi connectivity index (χ0v) is 8.63. The molecule has 0 fully saturated rings. The molecule has 0 aromatic rings. The SMILES string of the molecule is CCCC(CC)NC(=O)C=C(C)O. The highest BCUT2D eigenvalue weighted by Gasteiger charge is 2.06. The summed E-state index contributed by atoms with van der Waals surface area (Å²) in [6, 6.07) is 0.230. The molecule has 0 saturated heterocycles. The largest absolute Gasteiger partial charge is 0.512 e. The predicted octanol–water partition coefficient (Wildman–Crippen LogP) is 2.14. The second kappa shape index (κ2) is 6.52. The number of hydrogen-bond acceptors (Lipinski definition) is 2. The lowest BCUT2D eigenvalue weighted by Gasteiger charge is -2.14. The van der Waals surface area contributed by atoms with E-state index < -0.39 is 0 Å². The van der Waals surface area contributed by atoms with E-state index in [1.165, 1.54) is 13.0 Å². The minimum absolute atomic E-state index is 0.0452. The minimum atomic E-state index is -0.208. The van der Waals surface area contributed by atoms with Crippen molar-refractivity contribution < 1.29 is 9.90 Å². The normalized spacial score (nSPS) is 13.9. The van der Waals surface area contributed by atoms with Gasteiger partial charge in [0.1, 0.15) is 0 Å². The van der Waals surface area contributed by atoms with Crippen LogP contribution >= 0.6 is 0 Å². The van der Waals surface area contributed by atoms with Gasteiger partial charge < -0.3 is 10.4 Å². The van der Waals surface area contributed by atoms with Crippen LogP contribution in [0.4, 0.5) is 0 Å². The fourth-order valence-electron chi connectivity index (χ4n) is 1.16. The molecule has 1 atom stereocenters. The van der Waals surface area contributed by atoms with Gasteiger partial charge >= 0.3 is 0 Å². The van der Waals surface area contributed by atoms with Gasteiger partial charge in [0.15, 0.2) is 0 Å². The summed E-state index contributed by atoms with van der Waals surface area (Å²) in [5, 5.41) is 11.7. The molecule has 0 saturated carbocycles. The van der Waals surface area contributed by atoms with Gasteiger partial charge in [-0.1, -0.05) is 20.3 Å². The maximum atomic E-state index is 11.2. The van der Waals surface area contributed by atoms with Crippen molar-refractivity contribution in [3.8, 4) is 0 Å². The van der Waals surface area contributed by atoms with Gasteiger partial charge in [-0.2, -0.15) is 0 Å². The van der Waals surface area contributed by atoms with Crippen molar-refractivity contribution in [2.24, 2.45) is 0 Å². The summed E-state index contributed by atoms with van der Waals surface area (Å²) in [5.41, 5.74) is 0. The average Bonchev–Trinajstić information content (AvgIpc) is 2.02. The number of rotatable bonds is 5. The lowest BCUT2D eigenvalue weighted by Crippen LogP contribution is -2.33. The Kier molecular flexibility index (Phi) is 6.02. The van der Waals surface area contributed by atoms with Crippen molar-refractivity contribution in [3.63, 3.8) is 0 Å². The summed E-state index contributed by atoms with van der Waals surface area (Å²) in [4.78, 5) is 11.2. The third kappa shape index (κ3) is 6.20. The van der Waals surface area contributed by atoms with E-state index in [-0.39, 0.29) is 17.7 Å². The van der Waals surface area contributed by atoms with Gasteiger partial charge in [-0.3, -0.25) is 4.79 Å². The highest BCUT2D eigenvalue weighted by Crippen LogP contribution is 2.00. The predicted molar refractivity (Wildman–Crippen MR) is 53.5 cm³/mol. The quantitative estimate of drug-likeness (QED) is 0.509. The molecule has 2 N–H and O–H groups in total. The first-order valence-electron chi connectivity index (χ1n) is 4.77. The molecule has 1 unspecified atom stereocenters. The van der Waals surface area contributed by atoms with E-state index in [9.17, 15) is 4.79 Å². The third-order valence-electron chi connectivity index (χ3n) is 1.82. The number of aliphatic hydroxyl groups is 1. The van der Waals surface area contributed by atoms with Crippen molar-refractivity contribution in [3.05, 3.63) is 11.8 Å². The minimum Gasteiger partial charge on any atom is -0.512 e. The van der Waals surface area contributed by atoms with Gasteiger partial charge in [0.05, 0.1) is 5.76 Å². The molecule has 3 heteroatoms. The second-order valence-corrected chi connectivity index (χ2v) is 3.19. The van der Waals surface area contributed by atoms with Crippen LogP contribution in [0, 0.1) is 0 Å². The van der Waals surface area contributed by atoms with Crippen LogP contribution in [-0.2, 0) is 4.79 Å². The Bertz CT molecular complexity index is 183. The van der Waals surface area contributed by atoms with E-state index in [0.717, 1.165) is 19.3 Å². The molecule has 0 aliphatic heterocycles. The Hall–Kier alpha value is -0.990. The maximum absolute atomic E-state index is 11.2. The standard InChI is InChI=1S/C10H19NO2/c1-4-6-9(5-2)11-10(13)7-8(3)12/h7,9,12H,4-6H2,1-3H3,(H,11,13). The summed E-state index contributed by atoms with van der Waals surface area (Å²) < 4.78 is 0. The monoisotopic (exact) mass is 185 g/mol. The molecule has 13 heavy (non-hydrogen) atoms. The van der Waals surface area contributed by atoms with Gasteiger partial charge in [0.2, 0.25) is 5.91 Å². The van der Waals surface area contributed by atoms with Crippen LogP contribution in [0.25, 0.3) is 0 Å². The Balaban J connectivity index is 3.94. The zero-order valence-electron chi connectivity index (χ0n) is 8.63.